The summed E-state index contributed by atoms with van der Waals surface area (Å²) in [7, 11) is 0. The number of rotatable bonds is 5. The highest BCUT2D eigenvalue weighted by molar-refractivity contribution is 5.03. The first-order chi connectivity index (χ1) is 10.2. The lowest BCUT2D eigenvalue weighted by atomic mass is 10.0. The van der Waals surface area contributed by atoms with Crippen molar-refractivity contribution in [1.82, 2.24) is 9.88 Å². The van der Waals surface area contributed by atoms with Gasteiger partial charge in [0.25, 0.3) is 0 Å². The summed E-state index contributed by atoms with van der Waals surface area (Å²) in [5, 5.41) is 0. The molecule has 0 aliphatic carbocycles. The van der Waals surface area contributed by atoms with Gasteiger partial charge in [-0.15, -0.1) is 0 Å². The Morgan fingerprint density at radius 3 is 3.10 bits per heavy atom. The molecule has 3 heterocycles. The molecule has 0 aromatic carbocycles. The van der Waals surface area contributed by atoms with Gasteiger partial charge in [-0.05, 0) is 30.9 Å². The van der Waals surface area contributed by atoms with Crippen LogP contribution in [0.3, 0.4) is 0 Å². The molecular formula is C17H26N2O2. The number of pyridine rings is 1. The summed E-state index contributed by atoms with van der Waals surface area (Å²) in [5.74, 6) is 0.683. The lowest BCUT2D eigenvalue weighted by Crippen LogP contribution is -2.42. The van der Waals surface area contributed by atoms with E-state index in [1.165, 1.54) is 12.8 Å². The first-order valence-electron chi connectivity index (χ1n) is 8.11. The molecular weight excluding hydrogens is 264 g/mol. The fourth-order valence-corrected chi connectivity index (χ4v) is 3.51. The second kappa shape index (κ2) is 6.86. The highest BCUT2D eigenvalue weighted by Gasteiger charge is 2.44. The second-order valence-corrected chi connectivity index (χ2v) is 6.56. The molecule has 1 aromatic heterocycles. The van der Waals surface area contributed by atoms with Crippen LogP contribution in [0.1, 0.15) is 32.4 Å². The van der Waals surface area contributed by atoms with Crippen LogP contribution in [0.5, 0.6) is 0 Å². The van der Waals surface area contributed by atoms with Gasteiger partial charge in [0.1, 0.15) is 6.10 Å². The highest BCUT2D eigenvalue weighted by Crippen LogP contribution is 2.31. The zero-order chi connectivity index (χ0) is 14.7. The molecule has 3 atom stereocenters. The highest BCUT2D eigenvalue weighted by atomic mass is 16.5. The Kier molecular flexibility index (Phi) is 4.88. The predicted molar refractivity (Wildman–Crippen MR) is 82.0 cm³/mol. The molecule has 0 unspecified atom stereocenters. The molecule has 2 saturated heterocycles. The van der Waals surface area contributed by atoms with Crippen LogP contribution in [-0.2, 0) is 16.1 Å². The molecule has 0 radical (unpaired) electrons. The van der Waals surface area contributed by atoms with Crippen molar-refractivity contribution in [3.8, 4) is 0 Å². The molecule has 0 spiro atoms. The zero-order valence-electron chi connectivity index (χ0n) is 13.1. The van der Waals surface area contributed by atoms with Gasteiger partial charge in [0.05, 0.1) is 18.4 Å². The third-order valence-corrected chi connectivity index (χ3v) is 4.35. The van der Waals surface area contributed by atoms with Gasteiger partial charge in [0.2, 0.25) is 0 Å². The van der Waals surface area contributed by atoms with E-state index in [-0.39, 0.29) is 12.2 Å². The summed E-state index contributed by atoms with van der Waals surface area (Å²) in [5.41, 5.74) is 0.993. The van der Waals surface area contributed by atoms with Crippen LogP contribution >= 0.6 is 0 Å². The van der Waals surface area contributed by atoms with Gasteiger partial charge >= 0.3 is 0 Å². The summed E-state index contributed by atoms with van der Waals surface area (Å²) >= 11 is 0. The topological polar surface area (TPSA) is 34.6 Å². The minimum absolute atomic E-state index is 0.177. The molecule has 2 aliphatic rings. The standard InChI is InChI=1S/C17H26N2O2/c1-13(2)10-19-11-16(17-15(19)7-5-9-20-17)21-12-14-6-3-4-8-18-14/h3-4,6,8,13,15-17H,5,7,9-12H2,1-2H3/t15-,16+,17+/m0/s1. The number of fused-ring (bicyclic) bond motifs is 1. The minimum atomic E-state index is 0.177. The molecule has 4 nitrogen and oxygen atoms in total. The smallest absolute Gasteiger partial charge is 0.100 e. The number of likely N-dealkylation sites (tertiary alicyclic amines) is 1. The Morgan fingerprint density at radius 1 is 1.43 bits per heavy atom. The summed E-state index contributed by atoms with van der Waals surface area (Å²) in [6, 6.07) is 6.49. The van der Waals surface area contributed by atoms with Gasteiger partial charge in [-0.3, -0.25) is 9.88 Å². The van der Waals surface area contributed by atoms with Crippen LogP contribution in [0.15, 0.2) is 24.4 Å². The molecule has 1 aromatic rings. The van der Waals surface area contributed by atoms with E-state index >= 15 is 0 Å². The van der Waals surface area contributed by atoms with Gasteiger partial charge in [-0.2, -0.15) is 0 Å². The Labute approximate surface area is 127 Å². The van der Waals surface area contributed by atoms with Crippen LogP contribution in [0.4, 0.5) is 0 Å². The van der Waals surface area contributed by atoms with Gasteiger partial charge in [-0.25, -0.2) is 0 Å². The van der Waals surface area contributed by atoms with Crippen molar-refractivity contribution in [3.63, 3.8) is 0 Å². The number of nitrogens with zero attached hydrogens (tertiary/aromatic N) is 2. The van der Waals surface area contributed by atoms with Crippen molar-refractivity contribution in [2.24, 2.45) is 5.92 Å². The van der Waals surface area contributed by atoms with Crippen LogP contribution < -0.4 is 0 Å². The van der Waals surface area contributed by atoms with E-state index in [2.05, 4.69) is 23.7 Å². The predicted octanol–water partition coefficient (Wildman–Crippen LogP) is 2.49. The number of hydrogen-bond acceptors (Lipinski definition) is 4. The molecule has 0 saturated carbocycles. The molecule has 116 valence electrons. The van der Waals surface area contributed by atoms with Crippen LogP contribution in [0.2, 0.25) is 0 Å². The first kappa shape index (κ1) is 14.9. The van der Waals surface area contributed by atoms with Gasteiger partial charge in [0, 0.05) is 31.9 Å². The maximum absolute atomic E-state index is 6.14. The lowest BCUT2D eigenvalue weighted by Gasteiger charge is -2.32. The Hall–Kier alpha value is -0.970. The number of hydrogen-bond donors (Lipinski definition) is 0. The van der Waals surface area contributed by atoms with Crippen molar-refractivity contribution in [2.75, 3.05) is 19.7 Å². The molecule has 4 heteroatoms. The van der Waals surface area contributed by atoms with E-state index in [1.54, 1.807) is 0 Å². The minimum Gasteiger partial charge on any atom is -0.374 e. The monoisotopic (exact) mass is 290 g/mol. The fourth-order valence-electron chi connectivity index (χ4n) is 3.51. The fraction of sp³-hybridized carbons (Fsp3) is 0.706. The third kappa shape index (κ3) is 3.62. The quantitative estimate of drug-likeness (QED) is 0.834. The first-order valence-corrected chi connectivity index (χ1v) is 8.11. The summed E-state index contributed by atoms with van der Waals surface area (Å²) in [6.45, 7) is 8.13. The van der Waals surface area contributed by atoms with Gasteiger partial charge < -0.3 is 9.47 Å². The average molecular weight is 290 g/mol. The molecule has 2 fully saturated rings. The van der Waals surface area contributed by atoms with Crippen LogP contribution in [-0.4, -0.2) is 47.8 Å². The summed E-state index contributed by atoms with van der Waals surface area (Å²) in [4.78, 5) is 6.90. The molecule has 21 heavy (non-hydrogen) atoms. The van der Waals surface area contributed by atoms with E-state index in [4.69, 9.17) is 9.47 Å². The largest absolute Gasteiger partial charge is 0.374 e. The van der Waals surface area contributed by atoms with Crippen LogP contribution in [0.25, 0.3) is 0 Å². The Balaban J connectivity index is 1.61. The molecule has 0 bridgehead atoms. The summed E-state index contributed by atoms with van der Waals surface area (Å²) < 4.78 is 12.2. The summed E-state index contributed by atoms with van der Waals surface area (Å²) in [6.07, 6.45) is 4.64. The van der Waals surface area contributed by atoms with Crippen molar-refractivity contribution in [3.05, 3.63) is 30.1 Å². The number of ether oxygens (including phenoxy) is 2. The van der Waals surface area contributed by atoms with Crippen LogP contribution in [0, 0.1) is 5.92 Å². The lowest BCUT2D eigenvalue weighted by molar-refractivity contribution is -0.0823. The van der Waals surface area contributed by atoms with Crippen molar-refractivity contribution < 1.29 is 9.47 Å². The van der Waals surface area contributed by atoms with Crippen molar-refractivity contribution in [2.45, 2.75) is 51.5 Å². The number of aromatic nitrogens is 1. The Morgan fingerprint density at radius 2 is 2.33 bits per heavy atom. The Bertz CT molecular complexity index is 438. The van der Waals surface area contributed by atoms with E-state index < -0.39 is 0 Å². The molecule has 0 N–H and O–H groups in total. The normalized spacial score (nSPS) is 29.8. The van der Waals surface area contributed by atoms with Crippen molar-refractivity contribution in [1.29, 1.82) is 0 Å². The van der Waals surface area contributed by atoms with E-state index in [0.29, 0.717) is 18.6 Å². The molecule has 3 rings (SSSR count). The average Bonchev–Trinajstić information content (AvgIpc) is 2.84. The maximum atomic E-state index is 6.14. The second-order valence-electron chi connectivity index (χ2n) is 6.56. The maximum Gasteiger partial charge on any atom is 0.100 e. The van der Waals surface area contributed by atoms with E-state index in [9.17, 15) is 0 Å². The molecule has 0 amide bonds. The van der Waals surface area contributed by atoms with E-state index in [0.717, 1.165) is 25.4 Å². The van der Waals surface area contributed by atoms with Gasteiger partial charge in [-0.1, -0.05) is 19.9 Å². The zero-order valence-corrected chi connectivity index (χ0v) is 13.1. The SMILES string of the molecule is CC(C)CN1C[C@@H](OCc2ccccn2)[C@@H]2OCCC[C@@H]21. The third-order valence-electron chi connectivity index (χ3n) is 4.35. The van der Waals surface area contributed by atoms with Crippen molar-refractivity contribution >= 4 is 0 Å². The van der Waals surface area contributed by atoms with E-state index in [1.807, 2.05) is 24.4 Å². The van der Waals surface area contributed by atoms with Gasteiger partial charge in [0.15, 0.2) is 0 Å². The molecule has 2 aliphatic heterocycles.